The highest BCUT2D eigenvalue weighted by molar-refractivity contribution is 5.92. The number of rotatable bonds is 5. The summed E-state index contributed by atoms with van der Waals surface area (Å²) >= 11 is 0. The van der Waals surface area contributed by atoms with Crippen LogP contribution in [0.2, 0.25) is 0 Å². The van der Waals surface area contributed by atoms with E-state index < -0.39 is 0 Å². The SMILES string of the molecule is CCOc1ccc(NC(=O)CN2CCC(N)CC2C)cc1. The Balaban J connectivity index is 1.83. The fourth-order valence-corrected chi connectivity index (χ4v) is 2.68. The molecule has 1 aliphatic rings. The number of anilines is 1. The second-order valence-electron chi connectivity index (χ2n) is 5.61. The molecular formula is C16H25N3O2. The Hall–Kier alpha value is -1.59. The number of likely N-dealkylation sites (tertiary alicyclic amines) is 1. The molecule has 0 radical (unpaired) electrons. The average molecular weight is 291 g/mol. The zero-order chi connectivity index (χ0) is 15.2. The minimum Gasteiger partial charge on any atom is -0.494 e. The third-order valence-electron chi connectivity index (χ3n) is 3.85. The summed E-state index contributed by atoms with van der Waals surface area (Å²) < 4.78 is 5.38. The lowest BCUT2D eigenvalue weighted by Crippen LogP contribution is -2.48. The van der Waals surface area contributed by atoms with Crippen molar-refractivity contribution >= 4 is 11.6 Å². The first-order chi connectivity index (χ1) is 10.1. The summed E-state index contributed by atoms with van der Waals surface area (Å²) in [6, 6.07) is 8.07. The Kier molecular flexibility index (Phi) is 5.59. The number of benzene rings is 1. The van der Waals surface area contributed by atoms with Crippen molar-refractivity contribution in [1.82, 2.24) is 4.90 Å². The molecule has 0 saturated carbocycles. The van der Waals surface area contributed by atoms with Gasteiger partial charge in [-0.25, -0.2) is 0 Å². The van der Waals surface area contributed by atoms with Gasteiger partial charge in [-0.3, -0.25) is 9.69 Å². The van der Waals surface area contributed by atoms with E-state index in [0.717, 1.165) is 30.8 Å². The van der Waals surface area contributed by atoms with Crippen molar-refractivity contribution in [3.63, 3.8) is 0 Å². The van der Waals surface area contributed by atoms with Crippen molar-refractivity contribution in [2.45, 2.75) is 38.8 Å². The van der Waals surface area contributed by atoms with Crippen LogP contribution in [-0.4, -0.2) is 42.6 Å². The highest BCUT2D eigenvalue weighted by atomic mass is 16.5. The van der Waals surface area contributed by atoms with Crippen molar-refractivity contribution in [2.75, 3.05) is 25.0 Å². The number of nitrogens with zero attached hydrogens (tertiary/aromatic N) is 1. The number of ether oxygens (including phenoxy) is 1. The van der Waals surface area contributed by atoms with E-state index in [1.807, 2.05) is 31.2 Å². The second-order valence-corrected chi connectivity index (χ2v) is 5.61. The van der Waals surface area contributed by atoms with Gasteiger partial charge in [0.2, 0.25) is 5.91 Å². The summed E-state index contributed by atoms with van der Waals surface area (Å²) in [5.74, 6) is 0.829. The van der Waals surface area contributed by atoms with Gasteiger partial charge in [0.1, 0.15) is 5.75 Å². The monoisotopic (exact) mass is 291 g/mol. The van der Waals surface area contributed by atoms with Crippen LogP contribution in [0, 0.1) is 0 Å². The normalized spacial score (nSPS) is 22.8. The number of nitrogens with one attached hydrogen (secondary N) is 1. The van der Waals surface area contributed by atoms with Crippen LogP contribution in [-0.2, 0) is 4.79 Å². The summed E-state index contributed by atoms with van der Waals surface area (Å²) in [7, 11) is 0. The first-order valence-corrected chi connectivity index (χ1v) is 7.61. The highest BCUT2D eigenvalue weighted by Crippen LogP contribution is 2.17. The van der Waals surface area contributed by atoms with Crippen molar-refractivity contribution in [2.24, 2.45) is 5.73 Å². The van der Waals surface area contributed by atoms with Gasteiger partial charge in [-0.15, -0.1) is 0 Å². The first kappa shape index (κ1) is 15.8. The van der Waals surface area contributed by atoms with Gasteiger partial charge in [0.15, 0.2) is 0 Å². The number of carbonyl (C=O) groups excluding carboxylic acids is 1. The Morgan fingerprint density at radius 1 is 1.43 bits per heavy atom. The van der Waals surface area contributed by atoms with Crippen LogP contribution in [0.4, 0.5) is 5.69 Å². The van der Waals surface area contributed by atoms with E-state index in [0.29, 0.717) is 19.2 Å². The van der Waals surface area contributed by atoms with Crippen molar-refractivity contribution < 1.29 is 9.53 Å². The van der Waals surface area contributed by atoms with E-state index in [1.165, 1.54) is 0 Å². The van der Waals surface area contributed by atoms with Gasteiger partial charge in [0.05, 0.1) is 13.2 Å². The maximum Gasteiger partial charge on any atom is 0.238 e. The van der Waals surface area contributed by atoms with Gasteiger partial charge in [0, 0.05) is 24.3 Å². The van der Waals surface area contributed by atoms with E-state index in [9.17, 15) is 4.79 Å². The van der Waals surface area contributed by atoms with E-state index in [2.05, 4.69) is 17.1 Å². The van der Waals surface area contributed by atoms with Crippen molar-refractivity contribution in [3.8, 4) is 5.75 Å². The maximum absolute atomic E-state index is 12.1. The summed E-state index contributed by atoms with van der Waals surface area (Å²) in [6.07, 6.45) is 1.91. The topological polar surface area (TPSA) is 67.6 Å². The van der Waals surface area contributed by atoms with Crippen LogP contribution in [0.1, 0.15) is 26.7 Å². The highest BCUT2D eigenvalue weighted by Gasteiger charge is 2.24. The predicted molar refractivity (Wildman–Crippen MR) is 84.5 cm³/mol. The van der Waals surface area contributed by atoms with E-state index in [1.54, 1.807) is 0 Å². The Morgan fingerprint density at radius 2 is 2.14 bits per heavy atom. The minimum absolute atomic E-state index is 0.0153. The molecule has 21 heavy (non-hydrogen) atoms. The van der Waals surface area contributed by atoms with Crippen LogP contribution in [0.15, 0.2) is 24.3 Å². The standard InChI is InChI=1S/C16H25N3O2/c1-3-21-15-6-4-14(5-7-15)18-16(20)11-19-9-8-13(17)10-12(19)2/h4-7,12-13H,3,8-11,17H2,1-2H3,(H,18,20). The minimum atomic E-state index is 0.0153. The van der Waals surface area contributed by atoms with Crippen LogP contribution in [0.3, 0.4) is 0 Å². The predicted octanol–water partition coefficient (Wildman–Crippen LogP) is 1.84. The number of hydrogen-bond acceptors (Lipinski definition) is 4. The number of piperidine rings is 1. The molecule has 0 aliphatic carbocycles. The van der Waals surface area contributed by atoms with Crippen molar-refractivity contribution in [1.29, 1.82) is 0 Å². The van der Waals surface area contributed by atoms with Crippen LogP contribution >= 0.6 is 0 Å². The van der Waals surface area contributed by atoms with Gasteiger partial charge in [-0.1, -0.05) is 0 Å². The average Bonchev–Trinajstić information content (AvgIpc) is 2.44. The Morgan fingerprint density at radius 3 is 2.76 bits per heavy atom. The third-order valence-corrected chi connectivity index (χ3v) is 3.85. The van der Waals surface area contributed by atoms with Crippen LogP contribution in [0.5, 0.6) is 5.75 Å². The molecule has 1 aromatic carbocycles. The fourth-order valence-electron chi connectivity index (χ4n) is 2.68. The summed E-state index contributed by atoms with van der Waals surface area (Å²) in [4.78, 5) is 14.3. The second kappa shape index (κ2) is 7.43. The molecule has 5 nitrogen and oxygen atoms in total. The van der Waals surface area contributed by atoms with Gasteiger partial charge in [-0.2, -0.15) is 0 Å². The van der Waals surface area contributed by atoms with Crippen LogP contribution in [0.25, 0.3) is 0 Å². The maximum atomic E-state index is 12.1. The summed E-state index contributed by atoms with van der Waals surface area (Å²) in [5.41, 5.74) is 6.74. The lowest BCUT2D eigenvalue weighted by Gasteiger charge is -2.35. The molecule has 2 unspecified atom stereocenters. The van der Waals surface area contributed by atoms with Crippen LogP contribution < -0.4 is 15.8 Å². The molecule has 1 amide bonds. The van der Waals surface area contributed by atoms with Gasteiger partial charge >= 0.3 is 0 Å². The molecule has 1 fully saturated rings. The third kappa shape index (κ3) is 4.72. The number of carbonyl (C=O) groups is 1. The Labute approximate surface area is 126 Å². The lowest BCUT2D eigenvalue weighted by atomic mass is 9.99. The van der Waals surface area contributed by atoms with E-state index in [4.69, 9.17) is 10.5 Å². The lowest BCUT2D eigenvalue weighted by molar-refractivity contribution is -0.118. The number of amides is 1. The largest absolute Gasteiger partial charge is 0.494 e. The van der Waals surface area contributed by atoms with E-state index in [-0.39, 0.29) is 11.9 Å². The molecule has 0 bridgehead atoms. The van der Waals surface area contributed by atoms with Gasteiger partial charge < -0.3 is 15.8 Å². The molecule has 1 heterocycles. The molecule has 1 aromatic rings. The molecule has 2 rings (SSSR count). The molecule has 1 aliphatic heterocycles. The molecule has 5 heteroatoms. The molecule has 0 aromatic heterocycles. The number of nitrogens with two attached hydrogens (primary N) is 1. The Bertz CT molecular complexity index is 461. The van der Waals surface area contributed by atoms with Crippen molar-refractivity contribution in [3.05, 3.63) is 24.3 Å². The summed E-state index contributed by atoms with van der Waals surface area (Å²) in [5, 5.41) is 2.92. The molecule has 116 valence electrons. The van der Waals surface area contributed by atoms with Gasteiger partial charge in [0.25, 0.3) is 0 Å². The molecule has 2 atom stereocenters. The molecule has 3 N–H and O–H groups in total. The molecular weight excluding hydrogens is 266 g/mol. The zero-order valence-corrected chi connectivity index (χ0v) is 12.8. The smallest absolute Gasteiger partial charge is 0.238 e. The molecule has 0 spiro atoms. The zero-order valence-electron chi connectivity index (χ0n) is 12.8. The number of hydrogen-bond donors (Lipinski definition) is 2. The van der Waals surface area contributed by atoms with Gasteiger partial charge in [-0.05, 0) is 51.0 Å². The fraction of sp³-hybridized carbons (Fsp3) is 0.562. The molecule has 1 saturated heterocycles. The quantitative estimate of drug-likeness (QED) is 0.868. The summed E-state index contributed by atoms with van der Waals surface area (Å²) in [6.45, 7) is 6.02. The van der Waals surface area contributed by atoms with E-state index >= 15 is 0 Å². The first-order valence-electron chi connectivity index (χ1n) is 7.61.